The van der Waals surface area contributed by atoms with Gasteiger partial charge >= 0.3 is 5.97 Å². The van der Waals surface area contributed by atoms with Crippen LogP contribution in [0.3, 0.4) is 0 Å². The number of amides is 1. The number of nitrogens with one attached hydrogen (secondary N) is 1. The lowest BCUT2D eigenvalue weighted by Gasteiger charge is -2.10. The summed E-state index contributed by atoms with van der Waals surface area (Å²) in [7, 11) is 0. The molecule has 0 saturated heterocycles. The summed E-state index contributed by atoms with van der Waals surface area (Å²) in [6.07, 6.45) is 0.656. The molecule has 25 heavy (non-hydrogen) atoms. The minimum Gasteiger partial charge on any atom is -0.452 e. The van der Waals surface area contributed by atoms with E-state index in [2.05, 4.69) is 10.3 Å². The van der Waals surface area contributed by atoms with Gasteiger partial charge in [-0.15, -0.1) is 0 Å². The Bertz CT molecular complexity index is 753. The topological polar surface area (TPSA) is 68.3 Å². The third kappa shape index (κ3) is 5.73. The summed E-state index contributed by atoms with van der Waals surface area (Å²) < 4.78 is 5.02. The predicted octanol–water partition coefficient (Wildman–Crippen LogP) is 3.52. The minimum atomic E-state index is -0.664. The molecule has 0 bridgehead atoms. The summed E-state index contributed by atoms with van der Waals surface area (Å²) in [5.74, 6) is -1.04. The molecule has 2 rings (SSSR count). The molecular formula is C18H18Cl2N2O3. The van der Waals surface area contributed by atoms with Gasteiger partial charge in [-0.2, -0.15) is 0 Å². The first-order valence-electron chi connectivity index (χ1n) is 7.69. The molecule has 1 aromatic carbocycles. The van der Waals surface area contributed by atoms with Crippen molar-refractivity contribution in [3.8, 4) is 0 Å². The lowest BCUT2D eigenvalue weighted by atomic mass is 10.1. The highest BCUT2D eigenvalue weighted by molar-refractivity contribution is 6.32. The molecule has 0 spiro atoms. The number of rotatable bonds is 6. The van der Waals surface area contributed by atoms with Gasteiger partial charge in [-0.3, -0.25) is 4.79 Å². The fourth-order valence-corrected chi connectivity index (χ4v) is 2.77. The van der Waals surface area contributed by atoms with Crippen LogP contribution in [0, 0.1) is 13.8 Å². The molecule has 1 aromatic heterocycles. The zero-order valence-electron chi connectivity index (χ0n) is 13.9. The summed E-state index contributed by atoms with van der Waals surface area (Å²) in [6.45, 7) is 3.58. The van der Waals surface area contributed by atoms with E-state index in [1.165, 1.54) is 0 Å². The molecule has 1 N–H and O–H groups in total. The van der Waals surface area contributed by atoms with E-state index in [1.807, 2.05) is 12.1 Å². The van der Waals surface area contributed by atoms with Crippen LogP contribution < -0.4 is 5.32 Å². The molecule has 0 fully saturated rings. The number of hydrogen-bond acceptors (Lipinski definition) is 4. The van der Waals surface area contributed by atoms with Crippen LogP contribution in [0.25, 0.3) is 0 Å². The maximum atomic E-state index is 12.1. The third-order valence-corrected chi connectivity index (χ3v) is 4.01. The predicted molar refractivity (Wildman–Crippen MR) is 97.2 cm³/mol. The number of aromatic nitrogens is 1. The van der Waals surface area contributed by atoms with E-state index >= 15 is 0 Å². The van der Waals surface area contributed by atoms with Gasteiger partial charge in [-0.25, -0.2) is 9.78 Å². The van der Waals surface area contributed by atoms with Gasteiger partial charge in [0.25, 0.3) is 5.91 Å². The Kier molecular flexibility index (Phi) is 6.79. The van der Waals surface area contributed by atoms with E-state index in [-0.39, 0.29) is 23.2 Å². The number of ether oxygens (including phenoxy) is 1. The Balaban J connectivity index is 1.80. The molecule has 5 nitrogen and oxygen atoms in total. The van der Waals surface area contributed by atoms with Crippen LogP contribution in [0.1, 0.15) is 27.2 Å². The smallest absolute Gasteiger partial charge is 0.342 e. The fraction of sp³-hybridized carbons (Fsp3) is 0.278. The van der Waals surface area contributed by atoms with Gasteiger partial charge in [0.05, 0.1) is 5.56 Å². The quantitative estimate of drug-likeness (QED) is 0.614. The van der Waals surface area contributed by atoms with E-state index in [0.717, 1.165) is 5.56 Å². The number of nitrogens with zero attached hydrogens (tertiary/aromatic N) is 1. The largest absolute Gasteiger partial charge is 0.452 e. The van der Waals surface area contributed by atoms with Crippen LogP contribution in [-0.4, -0.2) is 30.0 Å². The van der Waals surface area contributed by atoms with Crippen LogP contribution in [0.15, 0.2) is 30.3 Å². The zero-order valence-corrected chi connectivity index (χ0v) is 15.4. The SMILES string of the molecule is Cc1cc(C)c(C(=O)OCC(=O)NCCc2ccc(Cl)cc2)c(Cl)n1. The van der Waals surface area contributed by atoms with Crippen molar-refractivity contribution in [1.29, 1.82) is 0 Å². The summed E-state index contributed by atoms with van der Waals surface area (Å²) in [5, 5.41) is 3.43. The van der Waals surface area contributed by atoms with Crippen molar-refractivity contribution < 1.29 is 14.3 Å². The molecule has 1 heterocycles. The number of hydrogen-bond donors (Lipinski definition) is 1. The van der Waals surface area contributed by atoms with Crippen molar-refractivity contribution in [2.75, 3.05) is 13.2 Å². The van der Waals surface area contributed by atoms with Crippen molar-refractivity contribution in [2.24, 2.45) is 0 Å². The molecule has 7 heteroatoms. The van der Waals surface area contributed by atoms with Gasteiger partial charge in [-0.05, 0) is 49.6 Å². The van der Waals surface area contributed by atoms with Gasteiger partial charge in [0, 0.05) is 17.3 Å². The molecule has 0 saturated carbocycles. The van der Waals surface area contributed by atoms with Crippen LogP contribution in [0.5, 0.6) is 0 Å². The van der Waals surface area contributed by atoms with Crippen LogP contribution in [-0.2, 0) is 16.0 Å². The van der Waals surface area contributed by atoms with Gasteiger partial charge in [-0.1, -0.05) is 35.3 Å². The second-order valence-corrected chi connectivity index (χ2v) is 6.34. The van der Waals surface area contributed by atoms with Crippen molar-refractivity contribution >= 4 is 35.1 Å². The molecule has 0 radical (unpaired) electrons. The third-order valence-electron chi connectivity index (χ3n) is 3.49. The van der Waals surface area contributed by atoms with Gasteiger partial charge in [0.1, 0.15) is 5.15 Å². The Morgan fingerprint density at radius 3 is 2.48 bits per heavy atom. The van der Waals surface area contributed by atoms with E-state index in [0.29, 0.717) is 29.2 Å². The number of aryl methyl sites for hydroxylation is 2. The molecule has 0 aliphatic rings. The Hall–Kier alpha value is -2.11. The second-order valence-electron chi connectivity index (χ2n) is 5.55. The molecule has 0 aliphatic carbocycles. The average molecular weight is 381 g/mol. The molecule has 132 valence electrons. The standard InChI is InChI=1S/C18H18Cl2N2O3/c1-11-9-12(2)22-17(20)16(11)18(24)25-10-15(23)21-8-7-13-3-5-14(19)6-4-13/h3-6,9H,7-8,10H2,1-2H3,(H,21,23). The maximum absolute atomic E-state index is 12.1. The average Bonchev–Trinajstić information content (AvgIpc) is 2.54. The summed E-state index contributed by atoms with van der Waals surface area (Å²) in [5.41, 5.74) is 2.60. The monoisotopic (exact) mass is 380 g/mol. The zero-order chi connectivity index (χ0) is 18.4. The molecule has 0 unspecified atom stereocenters. The van der Waals surface area contributed by atoms with Crippen LogP contribution >= 0.6 is 23.2 Å². The molecule has 2 aromatic rings. The van der Waals surface area contributed by atoms with Crippen molar-refractivity contribution in [3.63, 3.8) is 0 Å². The summed E-state index contributed by atoms with van der Waals surface area (Å²) in [4.78, 5) is 27.9. The number of halogens is 2. The van der Waals surface area contributed by atoms with Gasteiger partial charge in [0.15, 0.2) is 6.61 Å². The molecule has 0 aliphatic heterocycles. The Labute approximate surface area is 156 Å². The highest BCUT2D eigenvalue weighted by atomic mass is 35.5. The number of carbonyl (C=O) groups is 2. The maximum Gasteiger partial charge on any atom is 0.342 e. The lowest BCUT2D eigenvalue weighted by molar-refractivity contribution is -0.124. The summed E-state index contributed by atoms with van der Waals surface area (Å²) in [6, 6.07) is 9.10. The van der Waals surface area contributed by atoms with E-state index in [9.17, 15) is 9.59 Å². The first-order chi connectivity index (χ1) is 11.9. The minimum absolute atomic E-state index is 0.0747. The fourth-order valence-electron chi connectivity index (χ4n) is 2.29. The van der Waals surface area contributed by atoms with Crippen molar-refractivity contribution in [1.82, 2.24) is 10.3 Å². The number of benzene rings is 1. The molecule has 1 amide bonds. The Morgan fingerprint density at radius 2 is 1.84 bits per heavy atom. The normalized spacial score (nSPS) is 10.4. The van der Waals surface area contributed by atoms with E-state index < -0.39 is 5.97 Å². The van der Waals surface area contributed by atoms with Gasteiger partial charge in [0.2, 0.25) is 0 Å². The van der Waals surface area contributed by atoms with Gasteiger partial charge < -0.3 is 10.1 Å². The van der Waals surface area contributed by atoms with E-state index in [4.69, 9.17) is 27.9 Å². The molecule has 0 atom stereocenters. The highest BCUT2D eigenvalue weighted by Gasteiger charge is 2.18. The first kappa shape index (κ1) is 19.2. The Morgan fingerprint density at radius 1 is 1.16 bits per heavy atom. The van der Waals surface area contributed by atoms with Crippen LogP contribution in [0.4, 0.5) is 0 Å². The number of esters is 1. The first-order valence-corrected chi connectivity index (χ1v) is 8.44. The number of carbonyl (C=O) groups excluding carboxylic acids is 2. The molecular weight excluding hydrogens is 363 g/mol. The van der Waals surface area contributed by atoms with E-state index in [1.54, 1.807) is 32.0 Å². The lowest BCUT2D eigenvalue weighted by Crippen LogP contribution is -2.30. The van der Waals surface area contributed by atoms with Crippen molar-refractivity contribution in [2.45, 2.75) is 20.3 Å². The van der Waals surface area contributed by atoms with Crippen molar-refractivity contribution in [3.05, 3.63) is 62.9 Å². The van der Waals surface area contributed by atoms with Crippen LogP contribution in [0.2, 0.25) is 10.2 Å². The second kappa shape index (κ2) is 8.83. The number of pyridine rings is 1. The highest BCUT2D eigenvalue weighted by Crippen LogP contribution is 2.19. The summed E-state index contributed by atoms with van der Waals surface area (Å²) >= 11 is 11.8.